The third kappa shape index (κ3) is 4.37. The summed E-state index contributed by atoms with van der Waals surface area (Å²) >= 11 is 0. The number of nitrogens with one attached hydrogen (secondary N) is 1. The molecule has 1 N–H and O–H groups in total. The number of likely N-dealkylation sites (tertiary alicyclic amines) is 1. The zero-order valence-electron chi connectivity index (χ0n) is 14.5. The maximum atomic E-state index is 12.5. The summed E-state index contributed by atoms with van der Waals surface area (Å²) in [7, 11) is 0. The van der Waals surface area contributed by atoms with Crippen LogP contribution in [0.25, 0.3) is 0 Å². The highest BCUT2D eigenvalue weighted by Crippen LogP contribution is 2.40. The van der Waals surface area contributed by atoms with Crippen molar-refractivity contribution in [2.45, 2.75) is 39.0 Å². The minimum atomic E-state index is -0.0912. The van der Waals surface area contributed by atoms with Crippen LogP contribution in [-0.2, 0) is 16.0 Å². The number of nitrogens with zero attached hydrogens (tertiary/aromatic N) is 1. The third-order valence-electron chi connectivity index (χ3n) is 5.20. The minimum absolute atomic E-state index is 0.0615. The second-order valence-electron chi connectivity index (χ2n) is 7.36. The van der Waals surface area contributed by atoms with E-state index >= 15 is 0 Å². The molecule has 2 amide bonds. The number of amides is 2. The lowest BCUT2D eigenvalue weighted by Crippen LogP contribution is -2.40. The molecule has 1 aromatic rings. The van der Waals surface area contributed by atoms with Gasteiger partial charge in [0.15, 0.2) is 0 Å². The van der Waals surface area contributed by atoms with Crippen molar-refractivity contribution in [1.82, 2.24) is 10.2 Å². The summed E-state index contributed by atoms with van der Waals surface area (Å²) in [5.41, 5.74) is 1.30. The lowest BCUT2D eigenvalue weighted by molar-refractivity contribution is -0.136. The zero-order valence-corrected chi connectivity index (χ0v) is 14.5. The fourth-order valence-corrected chi connectivity index (χ4v) is 3.66. The molecule has 4 heteroatoms. The predicted molar refractivity (Wildman–Crippen MR) is 94.3 cm³/mol. The first-order valence-electron chi connectivity index (χ1n) is 9.25. The van der Waals surface area contributed by atoms with Gasteiger partial charge in [0.25, 0.3) is 0 Å². The first-order valence-corrected chi connectivity index (χ1v) is 9.25. The van der Waals surface area contributed by atoms with Crippen LogP contribution in [0.2, 0.25) is 0 Å². The summed E-state index contributed by atoms with van der Waals surface area (Å²) in [5.74, 6) is 0.694. The van der Waals surface area contributed by atoms with Crippen molar-refractivity contribution in [3.63, 3.8) is 0 Å². The van der Waals surface area contributed by atoms with Crippen molar-refractivity contribution < 1.29 is 9.59 Å². The van der Waals surface area contributed by atoms with Crippen LogP contribution in [0.1, 0.15) is 38.2 Å². The van der Waals surface area contributed by atoms with Crippen molar-refractivity contribution in [3.05, 3.63) is 35.9 Å². The molecule has 3 atom stereocenters. The van der Waals surface area contributed by atoms with Crippen molar-refractivity contribution in [2.75, 3.05) is 19.6 Å². The van der Waals surface area contributed by atoms with Gasteiger partial charge in [0, 0.05) is 19.6 Å². The first-order chi connectivity index (χ1) is 11.6. The molecule has 4 nitrogen and oxygen atoms in total. The van der Waals surface area contributed by atoms with Gasteiger partial charge in [-0.2, -0.15) is 0 Å². The summed E-state index contributed by atoms with van der Waals surface area (Å²) in [4.78, 5) is 26.7. The van der Waals surface area contributed by atoms with Gasteiger partial charge >= 0.3 is 0 Å². The summed E-state index contributed by atoms with van der Waals surface area (Å²) in [6.45, 7) is 4.61. The molecule has 130 valence electrons. The van der Waals surface area contributed by atoms with E-state index in [2.05, 4.69) is 24.4 Å². The Balaban J connectivity index is 1.35. The van der Waals surface area contributed by atoms with Crippen LogP contribution in [0.3, 0.4) is 0 Å². The molecule has 2 aliphatic rings. The molecule has 3 rings (SSSR count). The Kier molecular flexibility index (Phi) is 5.54. The molecule has 0 radical (unpaired) electrons. The van der Waals surface area contributed by atoms with Gasteiger partial charge in [0.1, 0.15) is 0 Å². The van der Waals surface area contributed by atoms with Crippen molar-refractivity contribution >= 4 is 11.8 Å². The first kappa shape index (κ1) is 17.0. The Labute approximate surface area is 144 Å². The maximum Gasteiger partial charge on any atom is 0.226 e. The Hall–Kier alpha value is -1.84. The van der Waals surface area contributed by atoms with Crippen molar-refractivity contribution in [3.8, 4) is 0 Å². The fraction of sp³-hybridized carbons (Fsp3) is 0.600. The van der Waals surface area contributed by atoms with Gasteiger partial charge in [0.2, 0.25) is 11.8 Å². The quantitative estimate of drug-likeness (QED) is 0.816. The number of hydrogen-bond donors (Lipinski definition) is 1. The molecule has 2 fully saturated rings. The van der Waals surface area contributed by atoms with E-state index < -0.39 is 0 Å². The lowest BCUT2D eigenvalue weighted by Gasteiger charge is -2.31. The van der Waals surface area contributed by atoms with Crippen LogP contribution in [0.15, 0.2) is 30.3 Å². The molecule has 0 aromatic heterocycles. The van der Waals surface area contributed by atoms with Crippen LogP contribution >= 0.6 is 0 Å². The van der Waals surface area contributed by atoms with Crippen LogP contribution in [-0.4, -0.2) is 36.3 Å². The number of carbonyl (C=O) groups excluding carboxylic acids is 2. The maximum absolute atomic E-state index is 12.5. The van der Waals surface area contributed by atoms with Crippen LogP contribution in [0, 0.1) is 17.8 Å². The van der Waals surface area contributed by atoms with E-state index in [4.69, 9.17) is 0 Å². The average molecular weight is 328 g/mol. The standard InChI is InChI=1S/C20H28N2O2/c1-15-7-6-12-22(14-15)20(24)18-13-17(18)19(23)21-11-5-10-16-8-3-2-4-9-16/h2-4,8-9,15,17-18H,5-7,10-14H2,1H3,(H,21,23). The number of benzene rings is 1. The molecular weight excluding hydrogens is 300 g/mol. The van der Waals surface area contributed by atoms with E-state index in [9.17, 15) is 9.59 Å². The largest absolute Gasteiger partial charge is 0.356 e. The van der Waals surface area contributed by atoms with Gasteiger partial charge in [-0.25, -0.2) is 0 Å². The van der Waals surface area contributed by atoms with Gasteiger partial charge in [-0.3, -0.25) is 9.59 Å². The zero-order chi connectivity index (χ0) is 16.9. The van der Waals surface area contributed by atoms with Crippen LogP contribution in [0.5, 0.6) is 0 Å². The van der Waals surface area contributed by atoms with Gasteiger partial charge in [-0.05, 0) is 43.6 Å². The number of rotatable bonds is 6. The van der Waals surface area contributed by atoms with Crippen molar-refractivity contribution in [1.29, 1.82) is 0 Å². The van der Waals surface area contributed by atoms with Crippen LogP contribution in [0.4, 0.5) is 0 Å². The van der Waals surface area contributed by atoms with Gasteiger partial charge in [-0.1, -0.05) is 37.3 Å². The van der Waals surface area contributed by atoms with E-state index in [1.165, 1.54) is 12.0 Å². The summed E-state index contributed by atoms with van der Waals surface area (Å²) in [6, 6.07) is 10.3. The van der Waals surface area contributed by atoms with E-state index in [1.54, 1.807) is 0 Å². The molecular formula is C20H28N2O2. The molecule has 0 bridgehead atoms. The van der Waals surface area contributed by atoms with Gasteiger partial charge in [-0.15, -0.1) is 0 Å². The molecule has 1 aromatic carbocycles. The van der Waals surface area contributed by atoms with E-state index in [1.807, 2.05) is 23.1 Å². The molecule has 0 spiro atoms. The number of hydrogen-bond acceptors (Lipinski definition) is 2. The Morgan fingerprint density at radius 3 is 2.75 bits per heavy atom. The second kappa shape index (κ2) is 7.82. The van der Waals surface area contributed by atoms with E-state index in [0.29, 0.717) is 12.5 Å². The van der Waals surface area contributed by atoms with Crippen molar-refractivity contribution in [2.24, 2.45) is 17.8 Å². The highest BCUT2D eigenvalue weighted by molar-refractivity contribution is 5.92. The van der Waals surface area contributed by atoms with E-state index in [0.717, 1.165) is 38.8 Å². The van der Waals surface area contributed by atoms with Crippen LogP contribution < -0.4 is 5.32 Å². The molecule has 1 aliphatic heterocycles. The summed E-state index contributed by atoms with van der Waals surface area (Å²) < 4.78 is 0. The molecule has 1 aliphatic carbocycles. The Bertz CT molecular complexity index is 572. The predicted octanol–water partition coefficient (Wildman–Crippen LogP) is 2.63. The highest BCUT2D eigenvalue weighted by Gasteiger charge is 2.49. The monoisotopic (exact) mass is 328 g/mol. The normalized spacial score (nSPS) is 26.0. The SMILES string of the molecule is CC1CCCN(C(=O)C2CC2C(=O)NCCCc2ccccc2)C1. The number of carbonyl (C=O) groups is 2. The third-order valence-corrected chi connectivity index (χ3v) is 5.20. The molecule has 1 saturated carbocycles. The van der Waals surface area contributed by atoms with E-state index in [-0.39, 0.29) is 23.7 Å². The highest BCUT2D eigenvalue weighted by atomic mass is 16.2. The van der Waals surface area contributed by atoms with Gasteiger partial charge < -0.3 is 10.2 Å². The number of piperidine rings is 1. The molecule has 1 saturated heterocycles. The average Bonchev–Trinajstić information content (AvgIpc) is 3.39. The second-order valence-corrected chi connectivity index (χ2v) is 7.36. The molecule has 24 heavy (non-hydrogen) atoms. The number of aryl methyl sites for hydroxylation is 1. The topological polar surface area (TPSA) is 49.4 Å². The Morgan fingerprint density at radius 2 is 2.00 bits per heavy atom. The lowest BCUT2D eigenvalue weighted by atomic mass is 10.00. The smallest absolute Gasteiger partial charge is 0.226 e. The minimum Gasteiger partial charge on any atom is -0.356 e. The molecule has 1 heterocycles. The Morgan fingerprint density at radius 1 is 1.21 bits per heavy atom. The fourth-order valence-electron chi connectivity index (χ4n) is 3.66. The summed E-state index contributed by atoms with van der Waals surface area (Å²) in [5, 5.41) is 3.00. The van der Waals surface area contributed by atoms with Gasteiger partial charge in [0.05, 0.1) is 11.8 Å². The molecule has 3 unspecified atom stereocenters. The summed E-state index contributed by atoms with van der Waals surface area (Å²) in [6.07, 6.45) is 4.94.